The Labute approximate surface area is 96.3 Å². The molecule has 0 aliphatic carbocycles. The minimum absolute atomic E-state index is 0.224. The van der Waals surface area contributed by atoms with Crippen LogP contribution in [0.5, 0.6) is 0 Å². The van der Waals surface area contributed by atoms with Crippen LogP contribution in [0, 0.1) is 0 Å². The molecule has 1 unspecified atom stereocenters. The summed E-state index contributed by atoms with van der Waals surface area (Å²) in [5.74, 6) is 0.224. The van der Waals surface area contributed by atoms with Crippen LogP contribution in [-0.2, 0) is 0 Å². The standard InChI is InChI=1S/C13H18OS/c1-4-10(3)15-12-8-6-7-11(9-12)13(14)5-2/h6-10H,4-5H2,1-3H3. The third-order valence-electron chi connectivity index (χ3n) is 2.39. The zero-order valence-corrected chi connectivity index (χ0v) is 10.4. The summed E-state index contributed by atoms with van der Waals surface area (Å²) in [5.41, 5.74) is 0.839. The lowest BCUT2D eigenvalue weighted by molar-refractivity contribution is 0.0988. The zero-order chi connectivity index (χ0) is 11.3. The van der Waals surface area contributed by atoms with Crippen LogP contribution >= 0.6 is 11.8 Å². The van der Waals surface area contributed by atoms with Crippen molar-refractivity contribution < 1.29 is 4.79 Å². The second-order valence-electron chi connectivity index (χ2n) is 3.64. The topological polar surface area (TPSA) is 17.1 Å². The minimum Gasteiger partial charge on any atom is -0.294 e. The predicted octanol–water partition coefficient (Wildman–Crippen LogP) is 4.17. The maximum absolute atomic E-state index is 11.5. The van der Waals surface area contributed by atoms with E-state index in [-0.39, 0.29) is 5.78 Å². The van der Waals surface area contributed by atoms with Crippen molar-refractivity contribution in [2.75, 3.05) is 0 Å². The van der Waals surface area contributed by atoms with E-state index in [2.05, 4.69) is 19.9 Å². The Kier molecular flexibility index (Phi) is 4.89. The van der Waals surface area contributed by atoms with Crippen LogP contribution in [-0.4, -0.2) is 11.0 Å². The first-order valence-corrected chi connectivity index (χ1v) is 6.35. The number of benzene rings is 1. The lowest BCUT2D eigenvalue weighted by atomic mass is 10.1. The average Bonchev–Trinajstić information content (AvgIpc) is 2.28. The van der Waals surface area contributed by atoms with Crippen molar-refractivity contribution in [1.29, 1.82) is 0 Å². The van der Waals surface area contributed by atoms with Crippen LogP contribution in [0.1, 0.15) is 44.0 Å². The number of hydrogen-bond acceptors (Lipinski definition) is 2. The fourth-order valence-corrected chi connectivity index (χ4v) is 2.25. The largest absolute Gasteiger partial charge is 0.294 e. The minimum atomic E-state index is 0.224. The van der Waals surface area contributed by atoms with Crippen LogP contribution in [0.3, 0.4) is 0 Å². The molecule has 0 aliphatic heterocycles. The van der Waals surface area contributed by atoms with Gasteiger partial charge in [0.1, 0.15) is 0 Å². The summed E-state index contributed by atoms with van der Waals surface area (Å²) in [5, 5.41) is 0.608. The Bertz CT molecular complexity index is 333. The molecule has 0 amide bonds. The van der Waals surface area contributed by atoms with Gasteiger partial charge in [-0.05, 0) is 18.6 Å². The van der Waals surface area contributed by atoms with Crippen molar-refractivity contribution in [1.82, 2.24) is 0 Å². The molecule has 0 saturated heterocycles. The van der Waals surface area contributed by atoms with Gasteiger partial charge in [-0.15, -0.1) is 11.8 Å². The highest BCUT2D eigenvalue weighted by atomic mass is 32.2. The first-order valence-electron chi connectivity index (χ1n) is 5.47. The van der Waals surface area contributed by atoms with Gasteiger partial charge in [0.05, 0.1) is 0 Å². The molecule has 0 heterocycles. The molecule has 1 aromatic carbocycles. The predicted molar refractivity (Wildman–Crippen MR) is 66.7 cm³/mol. The Morgan fingerprint density at radius 1 is 1.40 bits per heavy atom. The molecule has 1 aromatic rings. The van der Waals surface area contributed by atoms with Gasteiger partial charge in [0, 0.05) is 22.1 Å². The summed E-state index contributed by atoms with van der Waals surface area (Å²) in [6.07, 6.45) is 1.73. The molecule has 15 heavy (non-hydrogen) atoms. The molecule has 1 nitrogen and oxygen atoms in total. The van der Waals surface area contributed by atoms with Gasteiger partial charge in [-0.2, -0.15) is 0 Å². The number of rotatable bonds is 5. The third kappa shape index (κ3) is 3.71. The third-order valence-corrected chi connectivity index (χ3v) is 3.65. The molecule has 1 rings (SSSR count). The highest BCUT2D eigenvalue weighted by Crippen LogP contribution is 2.25. The Morgan fingerprint density at radius 2 is 2.13 bits per heavy atom. The molecule has 0 spiro atoms. The molecular formula is C13H18OS. The molecule has 0 N–H and O–H groups in total. The monoisotopic (exact) mass is 222 g/mol. The Balaban J connectivity index is 2.78. The molecule has 0 radical (unpaired) electrons. The summed E-state index contributed by atoms with van der Waals surface area (Å²) in [6, 6.07) is 7.94. The highest BCUT2D eigenvalue weighted by Gasteiger charge is 2.06. The van der Waals surface area contributed by atoms with Gasteiger partial charge in [0.2, 0.25) is 0 Å². The molecule has 0 fully saturated rings. The first kappa shape index (κ1) is 12.3. The van der Waals surface area contributed by atoms with Crippen molar-refractivity contribution in [3.05, 3.63) is 29.8 Å². The molecule has 0 saturated carbocycles. The van der Waals surface area contributed by atoms with Gasteiger partial charge >= 0.3 is 0 Å². The fourth-order valence-electron chi connectivity index (χ4n) is 1.26. The normalized spacial score (nSPS) is 12.5. The molecular weight excluding hydrogens is 204 g/mol. The zero-order valence-electron chi connectivity index (χ0n) is 9.62. The Hall–Kier alpha value is -0.760. The maximum atomic E-state index is 11.5. The van der Waals surface area contributed by atoms with E-state index in [1.54, 1.807) is 0 Å². The lowest BCUT2D eigenvalue weighted by Gasteiger charge is -2.08. The van der Waals surface area contributed by atoms with E-state index < -0.39 is 0 Å². The molecule has 1 atom stereocenters. The quantitative estimate of drug-likeness (QED) is 0.549. The number of carbonyl (C=O) groups excluding carboxylic acids is 1. The van der Waals surface area contributed by atoms with Gasteiger partial charge < -0.3 is 0 Å². The summed E-state index contributed by atoms with van der Waals surface area (Å²) < 4.78 is 0. The number of thioether (sulfide) groups is 1. The second kappa shape index (κ2) is 5.96. The van der Waals surface area contributed by atoms with Crippen LogP contribution in [0.25, 0.3) is 0 Å². The Morgan fingerprint density at radius 3 is 2.73 bits per heavy atom. The van der Waals surface area contributed by atoms with Gasteiger partial charge in [-0.25, -0.2) is 0 Å². The maximum Gasteiger partial charge on any atom is 0.162 e. The summed E-state index contributed by atoms with van der Waals surface area (Å²) in [6.45, 7) is 6.29. The summed E-state index contributed by atoms with van der Waals surface area (Å²) in [4.78, 5) is 12.7. The van der Waals surface area contributed by atoms with E-state index in [1.165, 1.54) is 4.90 Å². The van der Waals surface area contributed by atoms with Gasteiger partial charge in [0.25, 0.3) is 0 Å². The number of hydrogen-bond donors (Lipinski definition) is 0. The van der Waals surface area contributed by atoms with Crippen molar-refractivity contribution in [2.24, 2.45) is 0 Å². The molecule has 0 bridgehead atoms. The molecule has 82 valence electrons. The average molecular weight is 222 g/mol. The number of Topliss-reactive ketones (excluding diaryl/α,β-unsaturated/α-hetero) is 1. The molecule has 0 aromatic heterocycles. The van der Waals surface area contributed by atoms with Crippen molar-refractivity contribution in [3.63, 3.8) is 0 Å². The SMILES string of the molecule is CCC(=O)c1cccc(SC(C)CC)c1. The van der Waals surface area contributed by atoms with E-state index in [9.17, 15) is 4.79 Å². The first-order chi connectivity index (χ1) is 7.17. The lowest BCUT2D eigenvalue weighted by Crippen LogP contribution is -1.97. The van der Waals surface area contributed by atoms with Gasteiger partial charge in [-0.3, -0.25) is 4.79 Å². The van der Waals surface area contributed by atoms with E-state index >= 15 is 0 Å². The number of ketones is 1. The van der Waals surface area contributed by atoms with Crippen molar-refractivity contribution >= 4 is 17.5 Å². The van der Waals surface area contributed by atoms with Crippen LogP contribution in [0.4, 0.5) is 0 Å². The summed E-state index contributed by atoms with van der Waals surface area (Å²) >= 11 is 1.83. The fraction of sp³-hybridized carbons (Fsp3) is 0.462. The van der Waals surface area contributed by atoms with E-state index in [1.807, 2.05) is 36.9 Å². The smallest absolute Gasteiger partial charge is 0.162 e. The van der Waals surface area contributed by atoms with Crippen LogP contribution < -0.4 is 0 Å². The van der Waals surface area contributed by atoms with E-state index in [0.717, 1.165) is 12.0 Å². The van der Waals surface area contributed by atoms with E-state index in [0.29, 0.717) is 11.7 Å². The van der Waals surface area contributed by atoms with Gasteiger partial charge in [0.15, 0.2) is 5.78 Å². The van der Waals surface area contributed by atoms with Crippen molar-refractivity contribution in [2.45, 2.75) is 43.8 Å². The van der Waals surface area contributed by atoms with E-state index in [4.69, 9.17) is 0 Å². The molecule has 2 heteroatoms. The molecule has 0 aliphatic rings. The van der Waals surface area contributed by atoms with Crippen molar-refractivity contribution in [3.8, 4) is 0 Å². The number of carbonyl (C=O) groups is 1. The van der Waals surface area contributed by atoms with Crippen LogP contribution in [0.2, 0.25) is 0 Å². The second-order valence-corrected chi connectivity index (χ2v) is 5.15. The highest BCUT2D eigenvalue weighted by molar-refractivity contribution is 7.99. The summed E-state index contributed by atoms with van der Waals surface area (Å²) in [7, 11) is 0. The van der Waals surface area contributed by atoms with Crippen LogP contribution in [0.15, 0.2) is 29.2 Å². The van der Waals surface area contributed by atoms with Gasteiger partial charge in [-0.1, -0.05) is 32.9 Å².